The summed E-state index contributed by atoms with van der Waals surface area (Å²) in [5.74, 6) is 0. The molecule has 0 aromatic carbocycles. The van der Waals surface area contributed by atoms with Crippen molar-refractivity contribution in [2.24, 2.45) is 0 Å². The topological polar surface area (TPSA) is 21.7 Å². The van der Waals surface area contributed by atoms with Gasteiger partial charge in [-0.1, -0.05) is 26.5 Å². The van der Waals surface area contributed by atoms with E-state index < -0.39 is 16.8 Å². The molecule has 3 nitrogen and oxygen atoms in total. The largest absolute Gasteiger partial charge is 0.441 e. The van der Waals surface area contributed by atoms with Gasteiger partial charge in [-0.2, -0.15) is 0 Å². The molecular formula is C13H29NO2Si2. The van der Waals surface area contributed by atoms with Crippen molar-refractivity contribution in [3.8, 4) is 0 Å². The Labute approximate surface area is 114 Å². The standard InChI is InChI=1S/C13H29NO2Si2/c1-8-18(7,14-9-11-15-12-10-14)16-17(5,6)13(2,3)4/h8H,1,9-12H2,2-7H3. The number of hydrogen-bond acceptors (Lipinski definition) is 3. The number of nitrogens with zero attached hydrogens (tertiary/aromatic N) is 1. The highest BCUT2D eigenvalue weighted by Gasteiger charge is 2.45. The molecule has 0 aromatic heterocycles. The molecule has 1 fully saturated rings. The molecule has 1 aliphatic heterocycles. The van der Waals surface area contributed by atoms with E-state index in [0.29, 0.717) is 0 Å². The quantitative estimate of drug-likeness (QED) is 0.742. The Morgan fingerprint density at radius 3 is 2.06 bits per heavy atom. The smallest absolute Gasteiger partial charge is 0.283 e. The molecule has 0 aromatic rings. The van der Waals surface area contributed by atoms with Crippen molar-refractivity contribution in [2.75, 3.05) is 26.3 Å². The highest BCUT2D eigenvalue weighted by Crippen LogP contribution is 2.39. The highest BCUT2D eigenvalue weighted by molar-refractivity contribution is 6.87. The Morgan fingerprint density at radius 1 is 1.17 bits per heavy atom. The molecule has 0 saturated carbocycles. The minimum absolute atomic E-state index is 0.247. The Hall–Kier alpha value is 0.0538. The van der Waals surface area contributed by atoms with Crippen molar-refractivity contribution in [3.05, 3.63) is 12.3 Å². The molecule has 1 aliphatic rings. The molecule has 1 saturated heterocycles. The summed E-state index contributed by atoms with van der Waals surface area (Å²) in [4.78, 5) is 0. The van der Waals surface area contributed by atoms with Crippen LogP contribution < -0.4 is 0 Å². The minimum atomic E-state index is -1.99. The SMILES string of the molecule is C=C[Si](C)(O[Si](C)(C)C(C)(C)C)N1CCOCC1. The second-order valence-corrected chi connectivity index (χ2v) is 15.2. The zero-order valence-corrected chi connectivity index (χ0v) is 14.9. The molecule has 0 spiro atoms. The van der Waals surface area contributed by atoms with E-state index in [9.17, 15) is 0 Å². The van der Waals surface area contributed by atoms with Crippen LogP contribution in [0, 0.1) is 0 Å². The maximum absolute atomic E-state index is 6.71. The Morgan fingerprint density at radius 2 is 1.67 bits per heavy atom. The van der Waals surface area contributed by atoms with Gasteiger partial charge in [-0.15, -0.1) is 6.58 Å². The molecule has 0 amide bonds. The summed E-state index contributed by atoms with van der Waals surface area (Å²) in [7, 11) is -3.73. The normalized spacial score (nSPS) is 22.6. The van der Waals surface area contributed by atoms with E-state index >= 15 is 0 Å². The van der Waals surface area contributed by atoms with Crippen LogP contribution in [0.1, 0.15) is 20.8 Å². The van der Waals surface area contributed by atoms with Gasteiger partial charge in [0.2, 0.25) is 0 Å². The predicted molar refractivity (Wildman–Crippen MR) is 82.5 cm³/mol. The molecular weight excluding hydrogens is 258 g/mol. The first-order valence-electron chi connectivity index (χ1n) is 6.79. The van der Waals surface area contributed by atoms with E-state index in [2.05, 4.69) is 57.3 Å². The fraction of sp³-hybridized carbons (Fsp3) is 0.846. The van der Waals surface area contributed by atoms with E-state index in [1.807, 2.05) is 0 Å². The Balaban J connectivity index is 2.85. The van der Waals surface area contributed by atoms with Gasteiger partial charge in [0.05, 0.1) is 13.2 Å². The molecule has 1 atom stereocenters. The summed E-state index contributed by atoms with van der Waals surface area (Å²) >= 11 is 0. The molecule has 1 rings (SSSR count). The van der Waals surface area contributed by atoms with E-state index in [1.165, 1.54) is 0 Å². The van der Waals surface area contributed by atoms with Crippen LogP contribution in [0.3, 0.4) is 0 Å². The third-order valence-corrected chi connectivity index (χ3v) is 14.1. The number of hydrogen-bond donors (Lipinski definition) is 0. The van der Waals surface area contributed by atoms with Crippen LogP contribution in [0.5, 0.6) is 0 Å². The van der Waals surface area contributed by atoms with Crippen molar-refractivity contribution in [1.29, 1.82) is 0 Å². The van der Waals surface area contributed by atoms with Gasteiger partial charge in [-0.25, -0.2) is 0 Å². The van der Waals surface area contributed by atoms with Crippen molar-refractivity contribution in [3.63, 3.8) is 0 Å². The van der Waals surface area contributed by atoms with Crippen LogP contribution in [0.2, 0.25) is 24.7 Å². The van der Waals surface area contributed by atoms with Gasteiger partial charge >= 0.3 is 0 Å². The molecule has 0 N–H and O–H groups in total. The Kier molecular flexibility index (Phi) is 5.00. The summed E-state index contributed by atoms with van der Waals surface area (Å²) in [5.41, 5.74) is 2.08. The van der Waals surface area contributed by atoms with Crippen LogP contribution in [0.25, 0.3) is 0 Å². The first-order valence-corrected chi connectivity index (χ1v) is 12.1. The zero-order valence-electron chi connectivity index (χ0n) is 12.9. The lowest BCUT2D eigenvalue weighted by molar-refractivity contribution is 0.0638. The summed E-state index contributed by atoms with van der Waals surface area (Å²) in [6, 6.07) is 0. The molecule has 18 heavy (non-hydrogen) atoms. The van der Waals surface area contributed by atoms with Crippen LogP contribution in [0.4, 0.5) is 0 Å². The number of rotatable bonds is 4. The minimum Gasteiger partial charge on any atom is -0.441 e. The summed E-state index contributed by atoms with van der Waals surface area (Å²) in [6.45, 7) is 21.4. The predicted octanol–water partition coefficient (Wildman–Crippen LogP) is 3.14. The van der Waals surface area contributed by atoms with Crippen LogP contribution >= 0.6 is 0 Å². The van der Waals surface area contributed by atoms with Crippen molar-refractivity contribution in [2.45, 2.75) is 45.5 Å². The fourth-order valence-electron chi connectivity index (χ4n) is 1.91. The van der Waals surface area contributed by atoms with Gasteiger partial charge in [0.15, 0.2) is 8.32 Å². The van der Waals surface area contributed by atoms with Crippen molar-refractivity contribution in [1.82, 2.24) is 4.57 Å². The van der Waals surface area contributed by atoms with Crippen molar-refractivity contribution >= 4 is 16.8 Å². The monoisotopic (exact) mass is 287 g/mol. The van der Waals surface area contributed by atoms with Crippen LogP contribution in [-0.4, -0.2) is 47.7 Å². The molecule has 1 unspecified atom stereocenters. The number of ether oxygens (including phenoxy) is 1. The fourth-order valence-corrected chi connectivity index (χ4v) is 9.45. The average Bonchev–Trinajstić information content (AvgIpc) is 2.28. The second-order valence-electron chi connectivity index (χ2n) is 6.72. The molecule has 5 heteroatoms. The van der Waals surface area contributed by atoms with Crippen LogP contribution in [-0.2, 0) is 8.85 Å². The maximum atomic E-state index is 6.71. The summed E-state index contributed by atoms with van der Waals surface area (Å²) in [5, 5.41) is 0.247. The third-order valence-electron chi connectivity index (χ3n) is 4.29. The van der Waals surface area contributed by atoms with Gasteiger partial charge in [0.1, 0.15) is 0 Å². The number of morpholine rings is 1. The zero-order chi connectivity index (χ0) is 14.0. The van der Waals surface area contributed by atoms with E-state index in [4.69, 9.17) is 8.85 Å². The molecule has 0 bridgehead atoms. The lowest BCUT2D eigenvalue weighted by Gasteiger charge is -2.47. The van der Waals surface area contributed by atoms with E-state index in [-0.39, 0.29) is 5.04 Å². The maximum Gasteiger partial charge on any atom is 0.283 e. The van der Waals surface area contributed by atoms with Gasteiger partial charge in [0.25, 0.3) is 8.48 Å². The summed E-state index contributed by atoms with van der Waals surface area (Å²) < 4.78 is 14.6. The first-order chi connectivity index (χ1) is 8.12. The first kappa shape index (κ1) is 16.1. The average molecular weight is 288 g/mol. The second kappa shape index (κ2) is 5.58. The third kappa shape index (κ3) is 3.54. The molecule has 1 heterocycles. The lowest BCUT2D eigenvalue weighted by Crippen LogP contribution is -2.62. The van der Waals surface area contributed by atoms with Crippen molar-refractivity contribution < 1.29 is 8.85 Å². The molecule has 0 aliphatic carbocycles. The lowest BCUT2D eigenvalue weighted by atomic mass is 10.2. The Bertz CT molecular complexity index is 296. The van der Waals surface area contributed by atoms with Gasteiger partial charge in [0, 0.05) is 13.1 Å². The van der Waals surface area contributed by atoms with E-state index in [1.54, 1.807) is 0 Å². The van der Waals surface area contributed by atoms with E-state index in [0.717, 1.165) is 26.3 Å². The summed E-state index contributed by atoms with van der Waals surface area (Å²) in [6.07, 6.45) is 0. The van der Waals surface area contributed by atoms with Gasteiger partial charge < -0.3 is 8.85 Å². The molecule has 0 radical (unpaired) electrons. The van der Waals surface area contributed by atoms with Gasteiger partial charge in [-0.05, 0) is 24.7 Å². The van der Waals surface area contributed by atoms with Gasteiger partial charge in [-0.3, -0.25) is 4.57 Å². The highest BCUT2D eigenvalue weighted by atomic mass is 28.4. The van der Waals surface area contributed by atoms with Crippen LogP contribution in [0.15, 0.2) is 12.3 Å². The molecule has 106 valence electrons.